The van der Waals surface area contributed by atoms with Crippen LogP contribution in [0.3, 0.4) is 0 Å². The summed E-state index contributed by atoms with van der Waals surface area (Å²) in [5, 5.41) is 35.8. The molecule has 1 saturated heterocycles. The maximum Gasteiger partial charge on any atom is 0.161 e. The van der Waals surface area contributed by atoms with Gasteiger partial charge in [-0.3, -0.25) is 0 Å². The summed E-state index contributed by atoms with van der Waals surface area (Å²) in [6.45, 7) is -0.532. The highest BCUT2D eigenvalue weighted by Gasteiger charge is 2.46. The van der Waals surface area contributed by atoms with E-state index in [9.17, 15) is 5.11 Å². The van der Waals surface area contributed by atoms with Crippen LogP contribution < -0.4 is 0 Å². The average Bonchev–Trinajstić information content (AvgIpc) is 2.19. The number of aliphatic hydroxyl groups excluding tert-OH is 3. The number of hydrogen-bond acceptors (Lipinski definition) is 5. The van der Waals surface area contributed by atoms with E-state index < -0.39 is 23.7 Å². The SMILES string of the molecule is OC[C@@]1(O)SC[C@@H](O)[C@@H]1O. The molecule has 0 saturated carbocycles. The topological polar surface area (TPSA) is 80.9 Å². The molecule has 1 rings (SSSR count). The van der Waals surface area contributed by atoms with Crippen molar-refractivity contribution in [3.63, 3.8) is 0 Å². The van der Waals surface area contributed by atoms with Crippen molar-refractivity contribution in [3.8, 4) is 0 Å². The van der Waals surface area contributed by atoms with E-state index in [4.69, 9.17) is 15.3 Å². The van der Waals surface area contributed by atoms with Crippen LogP contribution in [0.5, 0.6) is 0 Å². The van der Waals surface area contributed by atoms with Crippen LogP contribution in [0.4, 0.5) is 0 Å². The summed E-state index contributed by atoms with van der Waals surface area (Å²) >= 11 is 0.966. The van der Waals surface area contributed by atoms with Crippen LogP contribution in [-0.2, 0) is 0 Å². The van der Waals surface area contributed by atoms with Gasteiger partial charge in [-0.25, -0.2) is 0 Å². The molecule has 0 radical (unpaired) electrons. The molecule has 0 aliphatic carbocycles. The molecule has 1 fully saturated rings. The molecule has 4 N–H and O–H groups in total. The summed E-state index contributed by atoms with van der Waals surface area (Å²) in [6, 6.07) is 0. The number of hydrogen-bond donors (Lipinski definition) is 4. The molecule has 0 aromatic carbocycles. The van der Waals surface area contributed by atoms with Crippen molar-refractivity contribution in [3.05, 3.63) is 0 Å². The first kappa shape index (κ1) is 8.29. The third-order valence-corrected chi connectivity index (χ3v) is 2.94. The fourth-order valence-corrected chi connectivity index (χ4v) is 1.91. The molecule has 1 aliphatic heterocycles. The Morgan fingerprint density at radius 1 is 1.50 bits per heavy atom. The molecule has 5 heteroatoms. The first-order valence-electron chi connectivity index (χ1n) is 2.93. The minimum Gasteiger partial charge on any atom is -0.392 e. The zero-order valence-electron chi connectivity index (χ0n) is 5.27. The average molecular weight is 166 g/mol. The lowest BCUT2D eigenvalue weighted by Crippen LogP contribution is -2.43. The Labute approximate surface area is 62.5 Å². The molecule has 10 heavy (non-hydrogen) atoms. The quantitative estimate of drug-likeness (QED) is 0.367. The lowest BCUT2D eigenvalue weighted by atomic mass is 10.1. The van der Waals surface area contributed by atoms with E-state index in [1.54, 1.807) is 0 Å². The predicted molar refractivity (Wildman–Crippen MR) is 36.5 cm³/mol. The van der Waals surface area contributed by atoms with Gasteiger partial charge < -0.3 is 20.4 Å². The van der Waals surface area contributed by atoms with Crippen molar-refractivity contribution in [2.75, 3.05) is 12.4 Å². The van der Waals surface area contributed by atoms with Crippen molar-refractivity contribution in [1.29, 1.82) is 0 Å². The lowest BCUT2D eigenvalue weighted by Gasteiger charge is -2.23. The van der Waals surface area contributed by atoms with Gasteiger partial charge in [0.15, 0.2) is 4.93 Å². The molecule has 1 heterocycles. The Kier molecular flexibility index (Phi) is 2.21. The molecule has 0 aromatic rings. The zero-order chi connectivity index (χ0) is 7.78. The fourth-order valence-electron chi connectivity index (χ4n) is 0.846. The van der Waals surface area contributed by atoms with Crippen molar-refractivity contribution in [2.45, 2.75) is 17.1 Å². The van der Waals surface area contributed by atoms with Gasteiger partial charge in [0.05, 0.1) is 12.7 Å². The molecule has 3 atom stereocenters. The third kappa shape index (κ3) is 1.15. The molecule has 1 aliphatic rings. The number of thioether (sulfide) groups is 1. The normalized spacial score (nSPS) is 48.0. The van der Waals surface area contributed by atoms with Gasteiger partial charge in [-0.05, 0) is 0 Å². The second-order valence-corrected chi connectivity index (χ2v) is 3.66. The van der Waals surface area contributed by atoms with Gasteiger partial charge in [-0.15, -0.1) is 11.8 Å². The minimum absolute atomic E-state index is 0.262. The van der Waals surface area contributed by atoms with E-state index in [1.165, 1.54) is 0 Å². The van der Waals surface area contributed by atoms with Gasteiger partial charge in [0.25, 0.3) is 0 Å². The van der Waals surface area contributed by atoms with Crippen LogP contribution in [0.1, 0.15) is 0 Å². The Morgan fingerprint density at radius 2 is 2.10 bits per heavy atom. The van der Waals surface area contributed by atoms with Crippen molar-refractivity contribution < 1.29 is 20.4 Å². The first-order valence-corrected chi connectivity index (χ1v) is 3.92. The van der Waals surface area contributed by atoms with Crippen LogP contribution in [0.2, 0.25) is 0 Å². The van der Waals surface area contributed by atoms with Crippen molar-refractivity contribution >= 4 is 11.8 Å². The van der Waals surface area contributed by atoms with E-state index in [0.29, 0.717) is 0 Å². The molecule has 0 spiro atoms. The van der Waals surface area contributed by atoms with Gasteiger partial charge in [0.2, 0.25) is 0 Å². The molecular weight excluding hydrogens is 156 g/mol. The summed E-state index contributed by atoms with van der Waals surface area (Å²) in [7, 11) is 0. The van der Waals surface area contributed by atoms with Crippen molar-refractivity contribution in [1.82, 2.24) is 0 Å². The molecule has 0 amide bonds. The zero-order valence-corrected chi connectivity index (χ0v) is 6.08. The standard InChI is InChI=1S/C5H10O4S/c6-2-5(9)4(8)3(7)1-10-5/h3-4,6-9H,1-2H2/t3-,4+,5-/m1/s1. The Hall–Kier alpha value is 0.190. The molecular formula is C5H10O4S. The highest BCUT2D eigenvalue weighted by Crippen LogP contribution is 2.35. The van der Waals surface area contributed by atoms with Gasteiger partial charge in [0.1, 0.15) is 6.10 Å². The Morgan fingerprint density at radius 3 is 2.30 bits per heavy atom. The third-order valence-electron chi connectivity index (χ3n) is 1.56. The Bertz CT molecular complexity index is 131. The van der Waals surface area contributed by atoms with E-state index in [1.807, 2.05) is 0 Å². The maximum absolute atomic E-state index is 9.24. The maximum atomic E-state index is 9.24. The van der Waals surface area contributed by atoms with Crippen LogP contribution in [-0.4, -0.2) is 49.9 Å². The predicted octanol–water partition coefficient (Wildman–Crippen LogP) is -1.86. The van der Waals surface area contributed by atoms with Gasteiger partial charge in [-0.2, -0.15) is 0 Å². The van der Waals surface area contributed by atoms with Crippen LogP contribution in [0.25, 0.3) is 0 Å². The summed E-state index contributed by atoms with van der Waals surface area (Å²) in [6.07, 6.45) is -2.16. The van der Waals surface area contributed by atoms with Gasteiger partial charge in [-0.1, -0.05) is 0 Å². The number of rotatable bonds is 1. The monoisotopic (exact) mass is 166 g/mol. The highest BCUT2D eigenvalue weighted by molar-refractivity contribution is 8.00. The summed E-state index contributed by atoms with van der Waals surface area (Å²) in [5.41, 5.74) is 0. The molecule has 4 nitrogen and oxygen atoms in total. The van der Waals surface area contributed by atoms with Gasteiger partial charge >= 0.3 is 0 Å². The second kappa shape index (κ2) is 2.67. The van der Waals surface area contributed by atoms with Crippen LogP contribution in [0.15, 0.2) is 0 Å². The Balaban J connectivity index is 2.64. The minimum atomic E-state index is -1.56. The van der Waals surface area contributed by atoms with Crippen molar-refractivity contribution in [2.24, 2.45) is 0 Å². The van der Waals surface area contributed by atoms with E-state index >= 15 is 0 Å². The summed E-state index contributed by atoms with van der Waals surface area (Å²) in [4.78, 5) is -1.56. The molecule has 0 unspecified atom stereocenters. The van der Waals surface area contributed by atoms with E-state index in [2.05, 4.69) is 0 Å². The van der Waals surface area contributed by atoms with Crippen LogP contribution in [0, 0.1) is 0 Å². The lowest BCUT2D eigenvalue weighted by molar-refractivity contribution is -0.0770. The smallest absolute Gasteiger partial charge is 0.161 e. The van der Waals surface area contributed by atoms with Crippen LogP contribution >= 0.6 is 11.8 Å². The van der Waals surface area contributed by atoms with Gasteiger partial charge in [0, 0.05) is 5.75 Å². The highest BCUT2D eigenvalue weighted by atomic mass is 32.2. The molecule has 0 bridgehead atoms. The summed E-state index contributed by atoms with van der Waals surface area (Å²) in [5.74, 6) is 0.262. The van der Waals surface area contributed by atoms with E-state index in [-0.39, 0.29) is 5.75 Å². The first-order chi connectivity index (χ1) is 4.60. The second-order valence-electron chi connectivity index (χ2n) is 2.33. The fraction of sp³-hybridized carbons (Fsp3) is 1.00. The molecule has 0 aromatic heterocycles. The molecule has 60 valence electrons. The number of aliphatic hydroxyl groups is 4. The summed E-state index contributed by atoms with van der Waals surface area (Å²) < 4.78 is 0. The largest absolute Gasteiger partial charge is 0.392 e. The van der Waals surface area contributed by atoms with E-state index in [0.717, 1.165) is 11.8 Å².